The molecule has 2 aromatic carbocycles. The van der Waals surface area contributed by atoms with E-state index in [-0.39, 0.29) is 18.5 Å². The molecular formula is C23H22N4O3S. The number of nitrogens with zero attached hydrogens (tertiary/aromatic N) is 4. The molecule has 2 aromatic heterocycles. The Labute approximate surface area is 183 Å². The van der Waals surface area contributed by atoms with Gasteiger partial charge < -0.3 is 14.4 Å². The van der Waals surface area contributed by atoms with Gasteiger partial charge in [-0.25, -0.2) is 4.68 Å². The zero-order valence-corrected chi connectivity index (χ0v) is 18.1. The van der Waals surface area contributed by atoms with Crippen LogP contribution in [0, 0.1) is 0 Å². The Balaban J connectivity index is 1.53. The number of carbonyl (C=O) groups is 1. The minimum absolute atomic E-state index is 0.00879. The first-order valence-corrected chi connectivity index (χ1v) is 10.9. The third-order valence-corrected chi connectivity index (χ3v) is 6.64. The Kier molecular flexibility index (Phi) is 5.07. The second-order valence-electron chi connectivity index (χ2n) is 7.40. The number of rotatable bonds is 5. The lowest BCUT2D eigenvalue weighted by Crippen LogP contribution is -2.42. The van der Waals surface area contributed by atoms with E-state index >= 15 is 0 Å². The number of benzene rings is 2. The highest BCUT2D eigenvalue weighted by molar-refractivity contribution is 7.10. The highest BCUT2D eigenvalue weighted by Gasteiger charge is 2.34. The molecule has 7 nitrogen and oxygen atoms in total. The maximum Gasteiger partial charge on any atom is 0.245 e. The van der Waals surface area contributed by atoms with Crippen molar-refractivity contribution in [3.05, 3.63) is 69.9 Å². The molecule has 4 aromatic rings. The second-order valence-corrected chi connectivity index (χ2v) is 8.38. The molecule has 0 N–H and O–H groups in total. The quantitative estimate of drug-likeness (QED) is 0.479. The van der Waals surface area contributed by atoms with Gasteiger partial charge in [0.1, 0.15) is 12.1 Å². The Morgan fingerprint density at radius 3 is 2.71 bits per heavy atom. The maximum absolute atomic E-state index is 13.5. The zero-order chi connectivity index (χ0) is 21.4. The summed E-state index contributed by atoms with van der Waals surface area (Å²) in [5, 5.41) is 10.4. The van der Waals surface area contributed by atoms with E-state index < -0.39 is 0 Å². The Bertz CT molecular complexity index is 1240. The van der Waals surface area contributed by atoms with Gasteiger partial charge in [-0.1, -0.05) is 23.4 Å². The number of aromatic nitrogens is 3. The molecule has 0 radical (unpaired) electrons. The van der Waals surface area contributed by atoms with Gasteiger partial charge in [-0.15, -0.1) is 16.4 Å². The molecule has 5 rings (SSSR count). The maximum atomic E-state index is 13.5. The molecule has 0 aliphatic carbocycles. The molecular weight excluding hydrogens is 412 g/mol. The number of thiophene rings is 1. The average Bonchev–Trinajstić information content (AvgIpc) is 3.48. The predicted molar refractivity (Wildman–Crippen MR) is 119 cm³/mol. The zero-order valence-electron chi connectivity index (χ0n) is 17.3. The number of hydrogen-bond donors (Lipinski definition) is 0. The summed E-state index contributed by atoms with van der Waals surface area (Å²) in [6, 6.07) is 15.6. The van der Waals surface area contributed by atoms with E-state index in [4.69, 9.17) is 9.47 Å². The molecule has 3 heterocycles. The highest BCUT2D eigenvalue weighted by atomic mass is 32.1. The lowest BCUT2D eigenvalue weighted by atomic mass is 9.90. The first-order chi connectivity index (χ1) is 15.2. The van der Waals surface area contributed by atoms with Crippen LogP contribution in [0.2, 0.25) is 0 Å². The van der Waals surface area contributed by atoms with Crippen LogP contribution >= 0.6 is 11.3 Å². The van der Waals surface area contributed by atoms with Crippen molar-refractivity contribution in [1.29, 1.82) is 0 Å². The fourth-order valence-corrected chi connectivity index (χ4v) is 5.08. The first-order valence-electron chi connectivity index (χ1n) is 10.1. The molecule has 8 heteroatoms. The third-order valence-electron chi connectivity index (χ3n) is 5.71. The van der Waals surface area contributed by atoms with Gasteiger partial charge in [0.25, 0.3) is 0 Å². The number of carbonyl (C=O) groups excluding carboxylic acids is 1. The van der Waals surface area contributed by atoms with E-state index in [0.717, 1.165) is 27.9 Å². The van der Waals surface area contributed by atoms with E-state index in [1.54, 1.807) is 30.2 Å². The largest absolute Gasteiger partial charge is 0.493 e. The van der Waals surface area contributed by atoms with Crippen molar-refractivity contribution in [1.82, 2.24) is 19.9 Å². The number of ether oxygens (including phenoxy) is 2. The standard InChI is InChI=1S/C23H22N4O3S/c1-29-19-12-15-9-10-26(22(28)14-27-18-7-4-3-6-17(18)24-25-27)23(21-8-5-11-31-21)16(15)13-20(19)30-2/h3-8,11-13,23H,9-10,14H2,1-2H3/t23-/m1/s1. The molecule has 1 aliphatic rings. The van der Waals surface area contributed by atoms with Gasteiger partial charge in [-0.3, -0.25) is 4.79 Å². The van der Waals surface area contributed by atoms with Crippen LogP contribution in [0.1, 0.15) is 22.0 Å². The molecule has 1 amide bonds. The van der Waals surface area contributed by atoms with Gasteiger partial charge in [0.2, 0.25) is 5.91 Å². The molecule has 158 valence electrons. The van der Waals surface area contributed by atoms with Crippen molar-refractivity contribution in [3.63, 3.8) is 0 Å². The number of para-hydroxylation sites is 1. The molecule has 0 spiro atoms. The van der Waals surface area contributed by atoms with E-state index in [9.17, 15) is 4.79 Å². The predicted octanol–water partition coefficient (Wildman–Crippen LogP) is 3.68. The Morgan fingerprint density at radius 2 is 1.94 bits per heavy atom. The minimum Gasteiger partial charge on any atom is -0.493 e. The van der Waals surface area contributed by atoms with Gasteiger partial charge in [-0.05, 0) is 53.3 Å². The highest BCUT2D eigenvalue weighted by Crippen LogP contribution is 2.42. The van der Waals surface area contributed by atoms with Crippen molar-refractivity contribution in [3.8, 4) is 11.5 Å². The Morgan fingerprint density at radius 1 is 1.13 bits per heavy atom. The fraction of sp³-hybridized carbons (Fsp3) is 0.261. The lowest BCUT2D eigenvalue weighted by molar-refractivity contribution is -0.134. The molecule has 0 unspecified atom stereocenters. The molecule has 0 saturated heterocycles. The average molecular weight is 435 g/mol. The van der Waals surface area contributed by atoms with E-state index in [1.165, 1.54) is 5.56 Å². The van der Waals surface area contributed by atoms with Crippen molar-refractivity contribution in [2.45, 2.75) is 19.0 Å². The smallest absolute Gasteiger partial charge is 0.245 e. The van der Waals surface area contributed by atoms with Crippen LogP contribution in [0.4, 0.5) is 0 Å². The fourth-order valence-electron chi connectivity index (χ4n) is 4.22. The Hall–Kier alpha value is -3.39. The summed E-state index contributed by atoms with van der Waals surface area (Å²) in [4.78, 5) is 16.5. The normalized spacial score (nSPS) is 15.7. The van der Waals surface area contributed by atoms with E-state index in [1.807, 2.05) is 52.7 Å². The lowest BCUT2D eigenvalue weighted by Gasteiger charge is -2.37. The van der Waals surface area contributed by atoms with Crippen molar-refractivity contribution in [2.24, 2.45) is 0 Å². The van der Waals surface area contributed by atoms with Crippen LogP contribution in [0.15, 0.2) is 53.9 Å². The number of methoxy groups -OCH3 is 2. The van der Waals surface area contributed by atoms with Crippen LogP contribution in [-0.4, -0.2) is 46.6 Å². The number of amides is 1. The summed E-state index contributed by atoms with van der Waals surface area (Å²) in [5.41, 5.74) is 3.88. The molecule has 1 aliphatic heterocycles. The van der Waals surface area contributed by atoms with E-state index in [0.29, 0.717) is 18.0 Å². The number of hydrogen-bond acceptors (Lipinski definition) is 6. The van der Waals surface area contributed by atoms with Crippen molar-refractivity contribution < 1.29 is 14.3 Å². The van der Waals surface area contributed by atoms with Crippen LogP contribution in [-0.2, 0) is 17.8 Å². The van der Waals surface area contributed by atoms with Crippen LogP contribution in [0.5, 0.6) is 11.5 Å². The second kappa shape index (κ2) is 8.03. The SMILES string of the molecule is COc1cc2c(cc1OC)[C@H](c1cccs1)N(C(=O)Cn1nnc3ccccc31)CC2. The van der Waals surface area contributed by atoms with Crippen molar-refractivity contribution in [2.75, 3.05) is 20.8 Å². The van der Waals surface area contributed by atoms with Gasteiger partial charge >= 0.3 is 0 Å². The monoisotopic (exact) mass is 434 g/mol. The molecule has 1 atom stereocenters. The van der Waals surface area contributed by atoms with Gasteiger partial charge in [0.15, 0.2) is 11.5 Å². The minimum atomic E-state index is -0.175. The summed E-state index contributed by atoms with van der Waals surface area (Å²) < 4.78 is 12.7. The summed E-state index contributed by atoms with van der Waals surface area (Å²) >= 11 is 1.65. The van der Waals surface area contributed by atoms with Gasteiger partial charge in [-0.2, -0.15) is 0 Å². The third kappa shape index (κ3) is 3.42. The summed E-state index contributed by atoms with van der Waals surface area (Å²) in [5.74, 6) is 1.38. The van der Waals surface area contributed by atoms with Crippen molar-refractivity contribution >= 4 is 28.3 Å². The first kappa shape index (κ1) is 19.6. The van der Waals surface area contributed by atoms with Gasteiger partial charge in [0.05, 0.1) is 25.8 Å². The summed E-state index contributed by atoms with van der Waals surface area (Å²) in [6.07, 6.45) is 0.751. The van der Waals surface area contributed by atoms with Crippen LogP contribution < -0.4 is 9.47 Å². The number of fused-ring (bicyclic) bond motifs is 2. The molecule has 0 fully saturated rings. The molecule has 0 bridgehead atoms. The van der Waals surface area contributed by atoms with Crippen LogP contribution in [0.25, 0.3) is 11.0 Å². The summed E-state index contributed by atoms with van der Waals surface area (Å²) in [6.45, 7) is 0.765. The van der Waals surface area contributed by atoms with Gasteiger partial charge in [0, 0.05) is 11.4 Å². The molecule has 0 saturated carbocycles. The van der Waals surface area contributed by atoms with E-state index in [2.05, 4.69) is 16.4 Å². The molecule has 31 heavy (non-hydrogen) atoms. The van der Waals surface area contributed by atoms with Crippen LogP contribution in [0.3, 0.4) is 0 Å². The topological polar surface area (TPSA) is 69.5 Å². The summed E-state index contributed by atoms with van der Waals surface area (Å²) in [7, 11) is 3.27.